The van der Waals surface area contributed by atoms with Crippen molar-refractivity contribution in [2.75, 3.05) is 13.6 Å². The smallest absolute Gasteiger partial charge is 0.410 e. The van der Waals surface area contributed by atoms with Crippen molar-refractivity contribution < 1.29 is 22.7 Å². The molecular weight excluding hydrogens is 418 g/mol. The molecule has 2 aliphatic carbocycles. The fourth-order valence-corrected chi connectivity index (χ4v) is 7.37. The van der Waals surface area contributed by atoms with Crippen LogP contribution in [0.25, 0.3) is 0 Å². The summed E-state index contributed by atoms with van der Waals surface area (Å²) in [6, 6.07) is -0.0423. The average molecular weight is 458 g/mol. The molecule has 1 aliphatic heterocycles. The van der Waals surface area contributed by atoms with Crippen LogP contribution in [0.5, 0.6) is 0 Å². The van der Waals surface area contributed by atoms with Crippen molar-refractivity contribution in [1.82, 2.24) is 14.5 Å². The van der Waals surface area contributed by atoms with Crippen LogP contribution < -0.4 is 4.72 Å². The van der Waals surface area contributed by atoms with Crippen LogP contribution in [-0.2, 0) is 19.6 Å². The first kappa shape index (κ1) is 24.3. The van der Waals surface area contributed by atoms with Gasteiger partial charge in [0.1, 0.15) is 0 Å². The minimum atomic E-state index is -3.21. The zero-order valence-electron chi connectivity index (χ0n) is 19.5. The van der Waals surface area contributed by atoms with Crippen molar-refractivity contribution in [2.45, 2.75) is 102 Å². The molecule has 3 unspecified atom stereocenters. The summed E-state index contributed by atoms with van der Waals surface area (Å²) < 4.78 is 32.3. The maximum absolute atomic E-state index is 12.9. The third-order valence-electron chi connectivity index (χ3n) is 7.56. The standard InChI is InChI=1S/C22H39N3O5S/c1-14(2)30-22(27)24-13-15(3)25(16(4)26)20-11-8-18(12-21(20)24)17-6-9-19(10-7-17)31(28,29)23-5/h14-15,17-21,23H,6-13H2,1-5H3/t15-,17?,18?,19?,20?,21?/m0/s1. The summed E-state index contributed by atoms with van der Waals surface area (Å²) in [6.45, 7) is 7.82. The van der Waals surface area contributed by atoms with E-state index in [-0.39, 0.29) is 41.5 Å². The number of nitrogens with one attached hydrogen (secondary N) is 1. The van der Waals surface area contributed by atoms with Crippen LogP contribution in [0.4, 0.5) is 4.79 Å². The van der Waals surface area contributed by atoms with Crippen molar-refractivity contribution in [3.05, 3.63) is 0 Å². The molecule has 31 heavy (non-hydrogen) atoms. The van der Waals surface area contributed by atoms with Crippen LogP contribution >= 0.6 is 0 Å². The number of carbonyl (C=O) groups is 2. The van der Waals surface area contributed by atoms with Crippen LogP contribution in [0.2, 0.25) is 0 Å². The summed E-state index contributed by atoms with van der Waals surface area (Å²) in [5.74, 6) is 0.976. The van der Waals surface area contributed by atoms with Crippen LogP contribution in [0.15, 0.2) is 0 Å². The molecule has 3 fully saturated rings. The molecule has 3 rings (SSSR count). The van der Waals surface area contributed by atoms with E-state index < -0.39 is 10.0 Å². The van der Waals surface area contributed by atoms with E-state index in [1.165, 1.54) is 7.05 Å². The van der Waals surface area contributed by atoms with Crippen LogP contribution in [0.1, 0.15) is 72.6 Å². The maximum atomic E-state index is 12.9. The molecule has 1 N–H and O–H groups in total. The summed E-state index contributed by atoms with van der Waals surface area (Å²) in [6.07, 6.45) is 5.44. The lowest BCUT2D eigenvalue weighted by molar-refractivity contribution is -0.142. The highest BCUT2D eigenvalue weighted by atomic mass is 32.2. The molecule has 0 aromatic carbocycles. The number of fused-ring (bicyclic) bond motifs is 1. The number of sulfonamides is 1. The Balaban J connectivity index is 1.73. The molecule has 2 amide bonds. The first-order chi connectivity index (χ1) is 14.5. The lowest BCUT2D eigenvalue weighted by Crippen LogP contribution is -2.67. The molecule has 0 radical (unpaired) electrons. The number of rotatable bonds is 4. The topological polar surface area (TPSA) is 96.0 Å². The van der Waals surface area contributed by atoms with Crippen LogP contribution in [0, 0.1) is 11.8 Å². The van der Waals surface area contributed by atoms with Gasteiger partial charge in [-0.1, -0.05) is 0 Å². The second-order valence-electron chi connectivity index (χ2n) is 9.85. The molecule has 178 valence electrons. The molecular formula is C22H39N3O5S. The summed E-state index contributed by atoms with van der Waals surface area (Å²) in [5.41, 5.74) is 0. The Morgan fingerprint density at radius 1 is 1.00 bits per heavy atom. The third-order valence-corrected chi connectivity index (χ3v) is 9.48. The molecule has 0 bridgehead atoms. The number of hydrogen-bond donors (Lipinski definition) is 1. The Bertz CT molecular complexity index is 763. The SMILES string of the molecule is CNS(=O)(=O)C1CCC(C2CCC3C(C2)N(C(=O)OC(C)C)C[C@H](C)N3C(C)=O)CC1. The van der Waals surface area contributed by atoms with Crippen molar-refractivity contribution >= 4 is 22.0 Å². The van der Waals surface area contributed by atoms with Gasteiger partial charge in [0.25, 0.3) is 0 Å². The highest BCUT2D eigenvalue weighted by Crippen LogP contribution is 2.43. The molecule has 0 aromatic rings. The largest absolute Gasteiger partial charge is 0.447 e. The number of amides is 2. The predicted molar refractivity (Wildman–Crippen MR) is 119 cm³/mol. The maximum Gasteiger partial charge on any atom is 0.410 e. The highest BCUT2D eigenvalue weighted by molar-refractivity contribution is 7.90. The van der Waals surface area contributed by atoms with E-state index in [0.29, 0.717) is 31.2 Å². The molecule has 1 heterocycles. The Hall–Kier alpha value is -1.35. The van der Waals surface area contributed by atoms with Gasteiger partial charge in [0.2, 0.25) is 15.9 Å². The van der Waals surface area contributed by atoms with E-state index in [4.69, 9.17) is 4.74 Å². The van der Waals surface area contributed by atoms with Gasteiger partial charge in [-0.3, -0.25) is 4.79 Å². The van der Waals surface area contributed by atoms with Crippen molar-refractivity contribution in [2.24, 2.45) is 11.8 Å². The van der Waals surface area contributed by atoms with Gasteiger partial charge in [0.15, 0.2) is 0 Å². The third kappa shape index (κ3) is 5.18. The second-order valence-corrected chi connectivity index (χ2v) is 12.0. The van der Waals surface area contributed by atoms with Gasteiger partial charge in [-0.15, -0.1) is 0 Å². The zero-order chi connectivity index (χ0) is 22.9. The van der Waals surface area contributed by atoms with Crippen LogP contribution in [-0.4, -0.2) is 73.3 Å². The van der Waals surface area contributed by atoms with Gasteiger partial charge in [-0.2, -0.15) is 0 Å². The van der Waals surface area contributed by atoms with E-state index >= 15 is 0 Å². The van der Waals surface area contributed by atoms with E-state index in [1.807, 2.05) is 30.6 Å². The molecule has 4 atom stereocenters. The van der Waals surface area contributed by atoms with Crippen LogP contribution in [0.3, 0.4) is 0 Å². The number of carbonyl (C=O) groups excluding carboxylic acids is 2. The summed E-state index contributed by atoms with van der Waals surface area (Å²) in [4.78, 5) is 29.1. The molecule has 9 heteroatoms. The Kier molecular flexibility index (Phi) is 7.56. The predicted octanol–water partition coefficient (Wildman–Crippen LogP) is 2.73. The van der Waals surface area contributed by atoms with Crippen molar-refractivity contribution in [1.29, 1.82) is 0 Å². The van der Waals surface area contributed by atoms with E-state index in [0.717, 1.165) is 32.1 Å². The monoisotopic (exact) mass is 457 g/mol. The van der Waals surface area contributed by atoms with Gasteiger partial charge >= 0.3 is 6.09 Å². The Labute approximate surface area is 187 Å². The van der Waals surface area contributed by atoms with E-state index in [9.17, 15) is 18.0 Å². The zero-order valence-corrected chi connectivity index (χ0v) is 20.4. The minimum absolute atomic E-state index is 0.0261. The van der Waals surface area contributed by atoms with Crippen molar-refractivity contribution in [3.63, 3.8) is 0 Å². The number of nitrogens with zero attached hydrogens (tertiary/aromatic N) is 2. The molecule has 0 spiro atoms. The Morgan fingerprint density at radius 2 is 1.61 bits per heavy atom. The summed E-state index contributed by atoms with van der Waals surface area (Å²) >= 11 is 0. The molecule has 2 saturated carbocycles. The number of hydrogen-bond acceptors (Lipinski definition) is 5. The fraction of sp³-hybridized carbons (Fsp3) is 0.909. The van der Waals surface area contributed by atoms with Gasteiger partial charge in [0, 0.05) is 19.5 Å². The lowest BCUT2D eigenvalue weighted by atomic mass is 9.69. The highest BCUT2D eigenvalue weighted by Gasteiger charge is 2.48. The van der Waals surface area contributed by atoms with Gasteiger partial charge in [-0.25, -0.2) is 17.9 Å². The first-order valence-corrected chi connectivity index (χ1v) is 13.3. The van der Waals surface area contributed by atoms with E-state index in [2.05, 4.69) is 4.72 Å². The Morgan fingerprint density at radius 3 is 2.16 bits per heavy atom. The number of piperazine rings is 1. The molecule has 0 aromatic heterocycles. The normalized spacial score (nSPS) is 34.4. The molecule has 8 nitrogen and oxygen atoms in total. The molecule has 3 aliphatic rings. The lowest BCUT2D eigenvalue weighted by Gasteiger charge is -2.54. The quantitative estimate of drug-likeness (QED) is 0.700. The second kappa shape index (κ2) is 9.65. The first-order valence-electron chi connectivity index (χ1n) is 11.7. The fourth-order valence-electron chi connectivity index (χ4n) is 6.14. The van der Waals surface area contributed by atoms with Gasteiger partial charge in [0.05, 0.1) is 23.4 Å². The van der Waals surface area contributed by atoms with E-state index in [1.54, 1.807) is 6.92 Å². The summed E-state index contributed by atoms with van der Waals surface area (Å²) in [7, 11) is -1.73. The van der Waals surface area contributed by atoms with Crippen molar-refractivity contribution in [3.8, 4) is 0 Å². The van der Waals surface area contributed by atoms with Gasteiger partial charge < -0.3 is 14.5 Å². The average Bonchev–Trinajstić information content (AvgIpc) is 2.72. The minimum Gasteiger partial charge on any atom is -0.447 e. The van der Waals surface area contributed by atoms with Gasteiger partial charge in [-0.05, 0) is 84.6 Å². The molecule has 1 saturated heterocycles. The number of ether oxygens (including phenoxy) is 1. The summed E-state index contributed by atoms with van der Waals surface area (Å²) in [5, 5.41) is -0.300.